The molecule has 0 fully saturated rings. The Morgan fingerprint density at radius 3 is 2.65 bits per heavy atom. The van der Waals surface area contributed by atoms with Crippen LogP contribution in [-0.4, -0.2) is 36.2 Å². The highest BCUT2D eigenvalue weighted by atomic mass is 127. The molecule has 2 rings (SSSR count). The van der Waals surface area contributed by atoms with Gasteiger partial charge in [-0.1, -0.05) is 42.7 Å². The molecule has 0 aliphatic heterocycles. The van der Waals surface area contributed by atoms with Crippen LogP contribution in [0.25, 0.3) is 0 Å². The average Bonchev–Trinajstić information content (AvgIpc) is 3.06. The van der Waals surface area contributed by atoms with Crippen LogP contribution in [0.1, 0.15) is 43.5 Å². The second kappa shape index (κ2) is 12.1. The van der Waals surface area contributed by atoms with Gasteiger partial charge in [-0.15, -0.1) is 24.0 Å². The molecule has 26 heavy (non-hydrogen) atoms. The van der Waals surface area contributed by atoms with E-state index in [2.05, 4.69) is 45.7 Å². The van der Waals surface area contributed by atoms with E-state index in [1.807, 2.05) is 18.2 Å². The van der Waals surface area contributed by atoms with Crippen molar-refractivity contribution in [2.24, 2.45) is 4.99 Å². The lowest BCUT2D eigenvalue weighted by Crippen LogP contribution is -2.38. The fraction of sp³-hybridized carbons (Fsp3) is 0.500. The molecule has 0 unspecified atom stereocenters. The van der Waals surface area contributed by atoms with Crippen LogP contribution < -0.4 is 10.6 Å². The van der Waals surface area contributed by atoms with Gasteiger partial charge in [-0.2, -0.15) is 4.98 Å². The van der Waals surface area contributed by atoms with Crippen molar-refractivity contribution in [2.45, 2.75) is 39.0 Å². The number of nitrogens with zero attached hydrogens (tertiary/aromatic N) is 3. The molecule has 0 saturated carbocycles. The van der Waals surface area contributed by atoms with Gasteiger partial charge in [0.1, 0.15) is 0 Å². The Labute approximate surface area is 177 Å². The van der Waals surface area contributed by atoms with E-state index in [0.717, 1.165) is 49.2 Å². The summed E-state index contributed by atoms with van der Waals surface area (Å²) in [4.78, 5) is 8.60. The van der Waals surface area contributed by atoms with E-state index in [1.54, 1.807) is 7.05 Å². The van der Waals surface area contributed by atoms with E-state index in [4.69, 9.17) is 16.1 Å². The molecule has 0 spiro atoms. The SMILES string of the molecule is CN=C(NCCCc1nc(C(C)C)no1)NCCc1cccc(Cl)c1.I. The maximum Gasteiger partial charge on any atom is 0.226 e. The highest BCUT2D eigenvalue weighted by Gasteiger charge is 2.09. The van der Waals surface area contributed by atoms with E-state index in [0.29, 0.717) is 5.89 Å². The molecular weight excluding hydrogens is 465 g/mol. The van der Waals surface area contributed by atoms with Crippen LogP contribution in [-0.2, 0) is 12.8 Å². The second-order valence-corrected chi connectivity index (χ2v) is 6.55. The van der Waals surface area contributed by atoms with E-state index in [9.17, 15) is 0 Å². The third-order valence-electron chi connectivity index (χ3n) is 3.68. The minimum Gasteiger partial charge on any atom is -0.356 e. The van der Waals surface area contributed by atoms with E-state index < -0.39 is 0 Å². The molecule has 1 aromatic heterocycles. The topological polar surface area (TPSA) is 75.3 Å². The number of aliphatic imine (C=N–C) groups is 1. The van der Waals surface area contributed by atoms with E-state index >= 15 is 0 Å². The Hall–Kier alpha value is -1.35. The van der Waals surface area contributed by atoms with Crippen LogP contribution in [0.15, 0.2) is 33.8 Å². The lowest BCUT2D eigenvalue weighted by molar-refractivity contribution is 0.368. The zero-order chi connectivity index (χ0) is 18.1. The summed E-state index contributed by atoms with van der Waals surface area (Å²) < 4.78 is 5.24. The summed E-state index contributed by atoms with van der Waals surface area (Å²) in [5.41, 5.74) is 1.20. The van der Waals surface area contributed by atoms with Crippen molar-refractivity contribution >= 4 is 41.5 Å². The van der Waals surface area contributed by atoms with Crippen LogP contribution in [0.3, 0.4) is 0 Å². The summed E-state index contributed by atoms with van der Waals surface area (Å²) in [6.45, 7) is 5.68. The monoisotopic (exact) mass is 491 g/mol. The van der Waals surface area contributed by atoms with Crippen molar-refractivity contribution in [3.63, 3.8) is 0 Å². The Kier molecular flexibility index (Phi) is 10.6. The van der Waals surface area contributed by atoms with Crippen LogP contribution in [0.5, 0.6) is 0 Å². The molecule has 6 nitrogen and oxygen atoms in total. The molecule has 0 bridgehead atoms. The van der Waals surface area contributed by atoms with E-state index in [-0.39, 0.29) is 29.9 Å². The molecule has 144 valence electrons. The van der Waals surface area contributed by atoms with Gasteiger partial charge in [0.25, 0.3) is 0 Å². The van der Waals surface area contributed by atoms with Gasteiger partial charge in [-0.05, 0) is 30.5 Å². The number of benzene rings is 1. The standard InChI is InChI=1S/C18H26ClN5O.HI/c1-13(2)17-23-16(25-24-17)8-5-10-21-18(20-3)22-11-9-14-6-4-7-15(19)12-14;/h4,6-7,12-13H,5,8-11H2,1-3H3,(H2,20,21,22);1H. The molecule has 2 aromatic rings. The minimum atomic E-state index is 0. The van der Waals surface area contributed by atoms with Crippen molar-refractivity contribution in [2.75, 3.05) is 20.1 Å². The van der Waals surface area contributed by atoms with Crippen LogP contribution in [0.2, 0.25) is 5.02 Å². The van der Waals surface area contributed by atoms with Crippen LogP contribution >= 0.6 is 35.6 Å². The first-order chi connectivity index (χ1) is 12.1. The fourth-order valence-electron chi connectivity index (χ4n) is 2.29. The largest absolute Gasteiger partial charge is 0.356 e. The van der Waals surface area contributed by atoms with Gasteiger partial charge in [0.05, 0.1) is 0 Å². The summed E-state index contributed by atoms with van der Waals surface area (Å²) in [6, 6.07) is 7.90. The number of aromatic nitrogens is 2. The average molecular weight is 492 g/mol. The highest BCUT2D eigenvalue weighted by molar-refractivity contribution is 14.0. The molecule has 0 aliphatic rings. The number of hydrogen-bond acceptors (Lipinski definition) is 4. The molecule has 0 amide bonds. The van der Waals surface area contributed by atoms with E-state index in [1.165, 1.54) is 5.56 Å². The van der Waals surface area contributed by atoms with Gasteiger partial charge in [0.2, 0.25) is 5.89 Å². The first kappa shape index (κ1) is 22.7. The van der Waals surface area contributed by atoms with Crippen molar-refractivity contribution < 1.29 is 4.52 Å². The molecule has 8 heteroatoms. The zero-order valence-electron chi connectivity index (χ0n) is 15.5. The minimum absolute atomic E-state index is 0. The van der Waals surface area contributed by atoms with Crippen molar-refractivity contribution in [3.05, 3.63) is 46.6 Å². The predicted molar refractivity (Wildman–Crippen MR) is 117 cm³/mol. The number of rotatable bonds is 8. The van der Waals surface area contributed by atoms with Gasteiger partial charge in [-0.3, -0.25) is 4.99 Å². The summed E-state index contributed by atoms with van der Waals surface area (Å²) in [7, 11) is 1.77. The maximum atomic E-state index is 5.99. The van der Waals surface area contributed by atoms with Gasteiger partial charge in [-0.25, -0.2) is 0 Å². The van der Waals surface area contributed by atoms with Crippen LogP contribution in [0.4, 0.5) is 0 Å². The summed E-state index contributed by atoms with van der Waals surface area (Å²) >= 11 is 5.99. The number of nitrogens with one attached hydrogen (secondary N) is 2. The first-order valence-electron chi connectivity index (χ1n) is 8.60. The zero-order valence-corrected chi connectivity index (χ0v) is 18.5. The molecule has 0 saturated heterocycles. The van der Waals surface area contributed by atoms with Gasteiger partial charge >= 0.3 is 0 Å². The van der Waals surface area contributed by atoms with Gasteiger partial charge < -0.3 is 15.2 Å². The number of halogens is 2. The molecule has 2 N–H and O–H groups in total. The highest BCUT2D eigenvalue weighted by Crippen LogP contribution is 2.11. The van der Waals surface area contributed by atoms with Crippen molar-refractivity contribution in [1.29, 1.82) is 0 Å². The summed E-state index contributed by atoms with van der Waals surface area (Å²) in [5, 5.41) is 11.3. The third-order valence-corrected chi connectivity index (χ3v) is 3.91. The molecule has 1 heterocycles. The Balaban J connectivity index is 0.00000338. The summed E-state index contributed by atoms with van der Waals surface area (Å²) in [6.07, 6.45) is 2.54. The first-order valence-corrected chi connectivity index (χ1v) is 8.97. The quantitative estimate of drug-likeness (QED) is 0.254. The number of aryl methyl sites for hydroxylation is 1. The second-order valence-electron chi connectivity index (χ2n) is 6.11. The molecule has 0 aliphatic carbocycles. The number of guanidine groups is 1. The maximum absolute atomic E-state index is 5.99. The lowest BCUT2D eigenvalue weighted by atomic mass is 10.1. The van der Waals surface area contributed by atoms with Crippen molar-refractivity contribution in [1.82, 2.24) is 20.8 Å². The summed E-state index contributed by atoms with van der Waals surface area (Å²) in [5.74, 6) is 2.53. The molecule has 1 aromatic carbocycles. The number of hydrogen-bond donors (Lipinski definition) is 2. The third kappa shape index (κ3) is 7.90. The van der Waals surface area contributed by atoms with Crippen molar-refractivity contribution in [3.8, 4) is 0 Å². The van der Waals surface area contributed by atoms with Gasteiger partial charge in [0, 0.05) is 37.5 Å². The molecule has 0 radical (unpaired) electrons. The lowest BCUT2D eigenvalue weighted by Gasteiger charge is -2.11. The Morgan fingerprint density at radius 2 is 2.00 bits per heavy atom. The predicted octanol–water partition coefficient (Wildman–Crippen LogP) is 3.80. The van der Waals surface area contributed by atoms with Crippen LogP contribution in [0, 0.1) is 0 Å². The van der Waals surface area contributed by atoms with Gasteiger partial charge in [0.15, 0.2) is 11.8 Å². The molecule has 0 atom stereocenters. The smallest absolute Gasteiger partial charge is 0.226 e. The molecular formula is C18H27ClIN5O. The Bertz CT molecular complexity index is 690. The Morgan fingerprint density at radius 1 is 1.23 bits per heavy atom. The normalized spacial score (nSPS) is 11.3. The fourth-order valence-corrected chi connectivity index (χ4v) is 2.50.